The first kappa shape index (κ1) is 8.63. The lowest BCUT2D eigenvalue weighted by Crippen LogP contribution is -2.19. The number of benzene rings is 1. The number of nitrogen functional groups attached to an aromatic ring is 1. The van der Waals surface area contributed by atoms with Crippen LogP contribution in [0.1, 0.15) is 0 Å². The SMILES string of the molecule is Nc1cc(Br)ccc1N1CC=CC1. The zero-order chi connectivity index (χ0) is 9.26. The lowest BCUT2D eigenvalue weighted by atomic mass is 10.2. The van der Waals surface area contributed by atoms with Crippen molar-refractivity contribution >= 4 is 27.3 Å². The van der Waals surface area contributed by atoms with Gasteiger partial charge in [-0.15, -0.1) is 0 Å². The van der Waals surface area contributed by atoms with E-state index in [0.717, 1.165) is 28.9 Å². The smallest absolute Gasteiger partial charge is 0.0606 e. The Morgan fingerprint density at radius 3 is 2.54 bits per heavy atom. The minimum absolute atomic E-state index is 0.832. The summed E-state index contributed by atoms with van der Waals surface area (Å²) in [5.74, 6) is 0. The first-order valence-corrected chi connectivity index (χ1v) is 5.01. The summed E-state index contributed by atoms with van der Waals surface area (Å²) in [6.07, 6.45) is 4.31. The normalized spacial score (nSPS) is 15.3. The van der Waals surface area contributed by atoms with E-state index in [1.54, 1.807) is 0 Å². The first-order valence-electron chi connectivity index (χ1n) is 4.22. The van der Waals surface area contributed by atoms with Gasteiger partial charge in [0.05, 0.1) is 11.4 Å². The van der Waals surface area contributed by atoms with Crippen LogP contribution in [0.5, 0.6) is 0 Å². The molecule has 1 aromatic rings. The maximum atomic E-state index is 5.90. The molecule has 0 amide bonds. The molecule has 2 rings (SSSR count). The van der Waals surface area contributed by atoms with Crippen LogP contribution in [-0.2, 0) is 0 Å². The van der Waals surface area contributed by atoms with Gasteiger partial charge in [-0.3, -0.25) is 0 Å². The molecule has 0 radical (unpaired) electrons. The molecular formula is C10H11BrN2. The van der Waals surface area contributed by atoms with Crippen molar-refractivity contribution in [1.82, 2.24) is 0 Å². The van der Waals surface area contributed by atoms with Gasteiger partial charge < -0.3 is 10.6 Å². The second-order valence-corrected chi connectivity index (χ2v) is 4.00. The van der Waals surface area contributed by atoms with Gasteiger partial charge in [0.2, 0.25) is 0 Å². The number of nitrogens with zero attached hydrogens (tertiary/aromatic N) is 1. The first-order chi connectivity index (χ1) is 6.27. The Labute approximate surface area is 86.2 Å². The summed E-state index contributed by atoms with van der Waals surface area (Å²) in [4.78, 5) is 2.24. The topological polar surface area (TPSA) is 29.3 Å². The molecule has 0 unspecified atom stereocenters. The largest absolute Gasteiger partial charge is 0.397 e. The van der Waals surface area contributed by atoms with E-state index in [1.165, 1.54) is 0 Å². The molecule has 1 heterocycles. The van der Waals surface area contributed by atoms with Crippen LogP contribution < -0.4 is 10.6 Å². The Kier molecular flexibility index (Phi) is 2.27. The highest BCUT2D eigenvalue weighted by molar-refractivity contribution is 9.10. The van der Waals surface area contributed by atoms with E-state index in [1.807, 2.05) is 18.2 Å². The molecule has 3 heteroatoms. The Hall–Kier alpha value is -0.960. The highest BCUT2D eigenvalue weighted by atomic mass is 79.9. The molecule has 2 N–H and O–H groups in total. The van der Waals surface area contributed by atoms with Gasteiger partial charge in [-0.05, 0) is 18.2 Å². The third-order valence-electron chi connectivity index (χ3n) is 2.15. The van der Waals surface area contributed by atoms with Crippen LogP contribution in [0.3, 0.4) is 0 Å². The van der Waals surface area contributed by atoms with E-state index in [9.17, 15) is 0 Å². The van der Waals surface area contributed by atoms with Gasteiger partial charge in [0, 0.05) is 17.6 Å². The number of anilines is 2. The van der Waals surface area contributed by atoms with Crippen LogP contribution in [0.2, 0.25) is 0 Å². The molecule has 13 heavy (non-hydrogen) atoms. The highest BCUT2D eigenvalue weighted by Crippen LogP contribution is 2.27. The Morgan fingerprint density at radius 1 is 1.23 bits per heavy atom. The number of rotatable bonds is 1. The molecule has 0 fully saturated rings. The van der Waals surface area contributed by atoms with Crippen LogP contribution in [0.15, 0.2) is 34.8 Å². The van der Waals surface area contributed by atoms with Crippen molar-refractivity contribution < 1.29 is 0 Å². The highest BCUT2D eigenvalue weighted by Gasteiger charge is 2.10. The average Bonchev–Trinajstić information content (AvgIpc) is 2.56. The summed E-state index contributed by atoms with van der Waals surface area (Å²) in [7, 11) is 0. The second-order valence-electron chi connectivity index (χ2n) is 3.08. The molecule has 1 aromatic carbocycles. The molecule has 0 aromatic heterocycles. The van der Waals surface area contributed by atoms with E-state index in [4.69, 9.17) is 5.73 Å². The molecule has 0 aliphatic carbocycles. The Balaban J connectivity index is 2.30. The fourth-order valence-electron chi connectivity index (χ4n) is 1.49. The van der Waals surface area contributed by atoms with Gasteiger partial charge in [-0.25, -0.2) is 0 Å². The van der Waals surface area contributed by atoms with Crippen molar-refractivity contribution in [2.24, 2.45) is 0 Å². The number of hydrogen-bond acceptors (Lipinski definition) is 2. The summed E-state index contributed by atoms with van der Waals surface area (Å²) in [6.45, 7) is 1.93. The van der Waals surface area contributed by atoms with E-state index in [0.29, 0.717) is 0 Å². The fraction of sp³-hybridized carbons (Fsp3) is 0.200. The fourth-order valence-corrected chi connectivity index (χ4v) is 1.87. The summed E-state index contributed by atoms with van der Waals surface area (Å²) in [5.41, 5.74) is 7.85. The lowest BCUT2D eigenvalue weighted by molar-refractivity contribution is 1.01. The van der Waals surface area contributed by atoms with E-state index < -0.39 is 0 Å². The number of hydrogen-bond donors (Lipinski definition) is 1. The standard InChI is InChI=1S/C10H11BrN2/c11-8-3-4-10(9(12)7-8)13-5-1-2-6-13/h1-4,7H,5-6,12H2. The van der Waals surface area contributed by atoms with Gasteiger partial charge in [0.1, 0.15) is 0 Å². The van der Waals surface area contributed by atoms with E-state index in [-0.39, 0.29) is 0 Å². The molecule has 0 bridgehead atoms. The molecule has 68 valence electrons. The molecule has 0 saturated carbocycles. The van der Waals surface area contributed by atoms with Crippen LogP contribution >= 0.6 is 15.9 Å². The summed E-state index contributed by atoms with van der Waals surface area (Å²) < 4.78 is 1.03. The van der Waals surface area contributed by atoms with Gasteiger partial charge in [0.15, 0.2) is 0 Å². The zero-order valence-corrected chi connectivity index (χ0v) is 8.79. The predicted octanol–water partition coefficient (Wildman–Crippen LogP) is 2.41. The Morgan fingerprint density at radius 2 is 1.92 bits per heavy atom. The summed E-state index contributed by atoms with van der Waals surface area (Å²) >= 11 is 3.39. The monoisotopic (exact) mass is 238 g/mol. The Bertz CT molecular complexity index is 339. The minimum Gasteiger partial charge on any atom is -0.397 e. The summed E-state index contributed by atoms with van der Waals surface area (Å²) in [5, 5.41) is 0. The van der Waals surface area contributed by atoms with Gasteiger partial charge in [0.25, 0.3) is 0 Å². The molecule has 1 aliphatic rings. The average molecular weight is 239 g/mol. The molecule has 0 atom stereocenters. The number of halogens is 1. The number of nitrogens with two attached hydrogens (primary N) is 1. The van der Waals surface area contributed by atoms with Crippen molar-refractivity contribution in [3.05, 3.63) is 34.8 Å². The second kappa shape index (κ2) is 3.42. The van der Waals surface area contributed by atoms with Crippen molar-refractivity contribution in [3.63, 3.8) is 0 Å². The van der Waals surface area contributed by atoms with Gasteiger partial charge in [-0.1, -0.05) is 28.1 Å². The summed E-state index contributed by atoms with van der Waals surface area (Å²) in [6, 6.07) is 6.00. The van der Waals surface area contributed by atoms with Crippen molar-refractivity contribution in [2.45, 2.75) is 0 Å². The lowest BCUT2D eigenvalue weighted by Gasteiger charge is -2.19. The maximum Gasteiger partial charge on any atom is 0.0606 e. The van der Waals surface area contributed by atoms with Gasteiger partial charge >= 0.3 is 0 Å². The minimum atomic E-state index is 0.832. The zero-order valence-electron chi connectivity index (χ0n) is 7.20. The molecule has 0 saturated heterocycles. The van der Waals surface area contributed by atoms with Crippen LogP contribution in [0.4, 0.5) is 11.4 Å². The quantitative estimate of drug-likeness (QED) is 0.602. The molecular weight excluding hydrogens is 228 g/mol. The van der Waals surface area contributed by atoms with Crippen molar-refractivity contribution in [1.29, 1.82) is 0 Å². The predicted molar refractivity (Wildman–Crippen MR) is 59.9 cm³/mol. The van der Waals surface area contributed by atoms with Crippen molar-refractivity contribution in [2.75, 3.05) is 23.7 Å². The van der Waals surface area contributed by atoms with Crippen molar-refractivity contribution in [3.8, 4) is 0 Å². The maximum absolute atomic E-state index is 5.90. The third-order valence-corrected chi connectivity index (χ3v) is 2.64. The van der Waals surface area contributed by atoms with Crippen LogP contribution in [0, 0.1) is 0 Å². The van der Waals surface area contributed by atoms with E-state index in [2.05, 4.69) is 33.0 Å². The molecule has 2 nitrogen and oxygen atoms in total. The van der Waals surface area contributed by atoms with Gasteiger partial charge in [-0.2, -0.15) is 0 Å². The third kappa shape index (κ3) is 1.70. The van der Waals surface area contributed by atoms with Crippen LogP contribution in [-0.4, -0.2) is 13.1 Å². The van der Waals surface area contributed by atoms with E-state index >= 15 is 0 Å². The molecule has 1 aliphatic heterocycles. The van der Waals surface area contributed by atoms with Crippen LogP contribution in [0.25, 0.3) is 0 Å². The molecule has 0 spiro atoms.